The maximum Gasteiger partial charge on any atom is 0.324 e. The Labute approximate surface area is 228 Å². The highest BCUT2D eigenvalue weighted by Crippen LogP contribution is 2.37. The summed E-state index contributed by atoms with van der Waals surface area (Å²) in [6.07, 6.45) is 4.22. The summed E-state index contributed by atoms with van der Waals surface area (Å²) in [5, 5.41) is 7.20. The number of fused-ring (bicyclic) bond motifs is 1. The van der Waals surface area contributed by atoms with Crippen LogP contribution >= 0.6 is 12.4 Å². The first-order valence-electron chi connectivity index (χ1n) is 13.0. The number of hydrogen-bond donors (Lipinski definition) is 1. The number of carbonyl (C=O) groups is 1. The maximum absolute atomic E-state index is 12.3. The van der Waals surface area contributed by atoms with Crippen molar-refractivity contribution >= 4 is 41.5 Å². The van der Waals surface area contributed by atoms with Crippen LogP contribution in [0.4, 0.5) is 23.2 Å². The molecule has 0 aliphatic carbocycles. The molecule has 0 spiro atoms. The lowest BCUT2D eigenvalue weighted by atomic mass is 10.1. The molecule has 0 bridgehead atoms. The Balaban J connectivity index is 0.00000294. The summed E-state index contributed by atoms with van der Waals surface area (Å²) in [5.74, 6) is 2.49. The molecule has 1 N–H and O–H groups in total. The molecular formula is C26H33ClN8O3. The van der Waals surface area contributed by atoms with Crippen LogP contribution < -0.4 is 24.8 Å². The predicted molar refractivity (Wildman–Crippen MR) is 146 cm³/mol. The molecule has 6 rings (SSSR count). The van der Waals surface area contributed by atoms with E-state index in [1.165, 1.54) is 5.56 Å². The molecule has 38 heavy (non-hydrogen) atoms. The Morgan fingerprint density at radius 3 is 2.68 bits per heavy atom. The first kappa shape index (κ1) is 26.2. The van der Waals surface area contributed by atoms with Crippen molar-refractivity contribution in [2.45, 2.75) is 45.1 Å². The molecule has 0 saturated carbocycles. The molecule has 1 aromatic carbocycles. The van der Waals surface area contributed by atoms with Crippen molar-refractivity contribution in [1.82, 2.24) is 25.4 Å². The second kappa shape index (κ2) is 11.1. The number of hydrogen-bond acceptors (Lipinski definition) is 10. The fraction of sp³-hybridized carbons (Fsp3) is 0.500. The normalized spacial score (nSPS) is 18.1. The molecule has 3 aliphatic rings. The second-order valence-corrected chi connectivity index (χ2v) is 10.0. The molecule has 3 aliphatic heterocycles. The van der Waals surface area contributed by atoms with Gasteiger partial charge >= 0.3 is 6.01 Å². The Kier molecular flexibility index (Phi) is 7.66. The first-order chi connectivity index (χ1) is 18.0. The summed E-state index contributed by atoms with van der Waals surface area (Å²) < 4.78 is 11.7. The van der Waals surface area contributed by atoms with E-state index in [4.69, 9.17) is 9.26 Å². The number of aromatic nitrogens is 4. The van der Waals surface area contributed by atoms with Crippen molar-refractivity contribution < 1.29 is 14.1 Å². The van der Waals surface area contributed by atoms with Gasteiger partial charge in [0.15, 0.2) is 5.82 Å². The quantitative estimate of drug-likeness (QED) is 0.500. The lowest BCUT2D eigenvalue weighted by molar-refractivity contribution is -0.118. The van der Waals surface area contributed by atoms with Gasteiger partial charge in [-0.25, -0.2) is 9.97 Å². The molecule has 3 aromatic rings. The molecule has 2 fully saturated rings. The number of piperidine rings is 1. The van der Waals surface area contributed by atoms with E-state index >= 15 is 0 Å². The number of benzene rings is 1. The third kappa shape index (κ3) is 5.25. The lowest BCUT2D eigenvalue weighted by Crippen LogP contribution is -2.48. The van der Waals surface area contributed by atoms with E-state index in [2.05, 4.69) is 61.2 Å². The highest BCUT2D eigenvalue weighted by atomic mass is 35.5. The van der Waals surface area contributed by atoms with Crippen molar-refractivity contribution in [3.05, 3.63) is 42.0 Å². The molecule has 11 nitrogen and oxygen atoms in total. The van der Waals surface area contributed by atoms with E-state index in [9.17, 15) is 4.79 Å². The minimum atomic E-state index is 0. The molecule has 2 aromatic heterocycles. The topological polar surface area (TPSA) is 113 Å². The third-order valence-corrected chi connectivity index (χ3v) is 7.21. The van der Waals surface area contributed by atoms with Crippen LogP contribution in [0, 0.1) is 0 Å². The highest BCUT2D eigenvalue weighted by Gasteiger charge is 2.27. The fourth-order valence-electron chi connectivity index (χ4n) is 5.14. The van der Waals surface area contributed by atoms with Crippen LogP contribution in [0.5, 0.6) is 5.88 Å². The van der Waals surface area contributed by atoms with Gasteiger partial charge in [0.1, 0.15) is 18.2 Å². The number of amides is 1. The van der Waals surface area contributed by atoms with E-state index in [1.54, 1.807) is 6.33 Å². The van der Waals surface area contributed by atoms with E-state index < -0.39 is 0 Å². The average Bonchev–Trinajstić information content (AvgIpc) is 3.57. The minimum absolute atomic E-state index is 0. The molecule has 2 saturated heterocycles. The maximum atomic E-state index is 12.3. The van der Waals surface area contributed by atoms with E-state index in [0.29, 0.717) is 25.0 Å². The highest BCUT2D eigenvalue weighted by molar-refractivity contribution is 5.96. The van der Waals surface area contributed by atoms with Gasteiger partial charge < -0.3 is 29.3 Å². The van der Waals surface area contributed by atoms with Crippen LogP contribution in [0.15, 0.2) is 35.1 Å². The van der Waals surface area contributed by atoms with Crippen molar-refractivity contribution in [1.29, 1.82) is 0 Å². The van der Waals surface area contributed by atoms with Gasteiger partial charge in [-0.05, 0) is 30.2 Å². The lowest BCUT2D eigenvalue weighted by Gasteiger charge is -2.30. The van der Waals surface area contributed by atoms with Crippen molar-refractivity contribution in [3.8, 4) is 5.88 Å². The van der Waals surface area contributed by atoms with Crippen LogP contribution in [-0.4, -0.2) is 71.4 Å². The summed E-state index contributed by atoms with van der Waals surface area (Å²) >= 11 is 0. The van der Waals surface area contributed by atoms with Crippen LogP contribution in [0.2, 0.25) is 0 Å². The van der Waals surface area contributed by atoms with Crippen LogP contribution in [0.25, 0.3) is 0 Å². The van der Waals surface area contributed by atoms with Crippen LogP contribution in [0.1, 0.15) is 44.0 Å². The molecular weight excluding hydrogens is 508 g/mol. The van der Waals surface area contributed by atoms with Crippen LogP contribution in [0.3, 0.4) is 0 Å². The number of carbonyl (C=O) groups excluding carboxylic acids is 1. The Bertz CT molecular complexity index is 1280. The zero-order valence-electron chi connectivity index (χ0n) is 21.7. The van der Waals surface area contributed by atoms with Gasteiger partial charge in [-0.2, -0.15) is 4.98 Å². The Morgan fingerprint density at radius 2 is 1.92 bits per heavy atom. The predicted octanol–water partition coefficient (Wildman–Crippen LogP) is 3.08. The molecule has 12 heteroatoms. The van der Waals surface area contributed by atoms with Crippen LogP contribution in [-0.2, 0) is 11.2 Å². The number of rotatable bonds is 6. The SMILES string of the molecule is CC(C)c1noc(N2CCC(Oc3cc(N4CCc5cc(N6CCNCC6=O)ccc54)ncn3)CC2)n1.Cl. The average molecular weight is 541 g/mol. The summed E-state index contributed by atoms with van der Waals surface area (Å²) in [7, 11) is 0. The Morgan fingerprint density at radius 1 is 1.08 bits per heavy atom. The van der Waals surface area contributed by atoms with Gasteiger partial charge in [0, 0.05) is 68.9 Å². The fourth-order valence-corrected chi connectivity index (χ4v) is 5.14. The number of halogens is 1. The van der Waals surface area contributed by atoms with Gasteiger partial charge in [-0.3, -0.25) is 4.79 Å². The first-order valence-corrected chi connectivity index (χ1v) is 13.0. The number of ether oxygens (including phenoxy) is 1. The largest absolute Gasteiger partial charge is 0.474 e. The molecule has 5 heterocycles. The molecule has 0 unspecified atom stereocenters. The van der Waals surface area contributed by atoms with Crippen molar-refractivity contribution in [2.75, 3.05) is 54.0 Å². The second-order valence-electron chi connectivity index (χ2n) is 10.0. The van der Waals surface area contributed by atoms with Gasteiger partial charge in [-0.1, -0.05) is 19.0 Å². The molecule has 0 atom stereocenters. The van der Waals surface area contributed by atoms with Gasteiger partial charge in [0.2, 0.25) is 11.8 Å². The zero-order chi connectivity index (χ0) is 25.4. The number of piperazine rings is 1. The van der Waals surface area contributed by atoms with E-state index in [0.717, 1.165) is 68.5 Å². The summed E-state index contributed by atoms with van der Waals surface area (Å²) in [6.45, 7) is 8.42. The molecule has 0 radical (unpaired) electrons. The number of anilines is 4. The minimum Gasteiger partial charge on any atom is -0.474 e. The third-order valence-electron chi connectivity index (χ3n) is 7.21. The van der Waals surface area contributed by atoms with Crippen molar-refractivity contribution in [3.63, 3.8) is 0 Å². The Hall–Kier alpha value is -3.44. The van der Waals surface area contributed by atoms with E-state index in [1.807, 2.05) is 17.0 Å². The zero-order valence-corrected chi connectivity index (χ0v) is 22.5. The molecule has 202 valence electrons. The standard InChI is InChI=1S/C26H32N8O3.ClH/c1-17(2)25-30-26(37-31-25)32-9-6-20(7-10-32)36-23-14-22(28-16-29-23)34-11-5-18-13-19(3-4-21(18)34)33-12-8-27-15-24(33)35;/h3-4,13-14,16-17,20,27H,5-12,15H2,1-2H3;1H. The summed E-state index contributed by atoms with van der Waals surface area (Å²) in [6, 6.07) is 8.76. The van der Waals surface area contributed by atoms with Gasteiger partial charge in [0.25, 0.3) is 0 Å². The van der Waals surface area contributed by atoms with Gasteiger partial charge in [0.05, 0.1) is 6.54 Å². The van der Waals surface area contributed by atoms with E-state index in [-0.39, 0.29) is 30.3 Å². The monoisotopic (exact) mass is 540 g/mol. The number of nitrogens with zero attached hydrogens (tertiary/aromatic N) is 7. The van der Waals surface area contributed by atoms with Crippen molar-refractivity contribution in [2.24, 2.45) is 0 Å². The van der Waals surface area contributed by atoms with Gasteiger partial charge in [-0.15, -0.1) is 12.4 Å². The molecule has 1 amide bonds. The number of nitrogens with one attached hydrogen (secondary N) is 1. The smallest absolute Gasteiger partial charge is 0.324 e. The summed E-state index contributed by atoms with van der Waals surface area (Å²) in [5.41, 5.74) is 3.30. The summed E-state index contributed by atoms with van der Waals surface area (Å²) in [4.78, 5) is 31.9.